The number of nitrogens with zero attached hydrogens (tertiary/aromatic N) is 12. The van der Waals surface area contributed by atoms with Crippen molar-refractivity contribution in [3.63, 3.8) is 0 Å². The third-order valence-corrected chi connectivity index (χ3v) is 24.6. The molecule has 8 N–H and O–H groups in total. The Morgan fingerprint density at radius 3 is 0.902 bits per heavy atom. The molecule has 122 heavy (non-hydrogen) atoms. The monoisotopic (exact) mass is 1700 g/mol. The maximum atomic E-state index is 13.2. The van der Waals surface area contributed by atoms with Gasteiger partial charge in [-0.05, 0) is 219 Å². The van der Waals surface area contributed by atoms with E-state index in [0.717, 1.165) is 92.4 Å². The number of rotatable bonds is 24. The summed E-state index contributed by atoms with van der Waals surface area (Å²) in [6.07, 6.45) is 28.0. The van der Waals surface area contributed by atoms with Crippen LogP contribution >= 0.6 is 23.2 Å². The molecule has 4 aromatic heterocycles. The molecule has 28 heteroatoms. The van der Waals surface area contributed by atoms with E-state index in [2.05, 4.69) is 137 Å². The summed E-state index contributed by atoms with van der Waals surface area (Å²) in [6.45, 7) is 18.3. The highest BCUT2D eigenvalue weighted by Crippen LogP contribution is 2.50. The summed E-state index contributed by atoms with van der Waals surface area (Å²) in [6, 6.07) is 27.8. The van der Waals surface area contributed by atoms with Crippen molar-refractivity contribution in [2.75, 3.05) is 47.4 Å². The average Bonchev–Trinajstić information content (AvgIpc) is 0.769. The second-order valence-electron chi connectivity index (χ2n) is 34.0. The van der Waals surface area contributed by atoms with Crippen molar-refractivity contribution in [1.82, 2.24) is 39.9 Å². The number of aliphatic hydroxyl groups is 4. The van der Waals surface area contributed by atoms with E-state index >= 15 is 0 Å². The first kappa shape index (κ1) is 94.5. The summed E-state index contributed by atoms with van der Waals surface area (Å²) in [7, 11) is 0. The smallest absolute Gasteiger partial charge is 0.393 e. The van der Waals surface area contributed by atoms with E-state index in [1.165, 1.54) is 24.5 Å². The molecule has 4 aliphatic rings. The van der Waals surface area contributed by atoms with Crippen LogP contribution in [0.1, 0.15) is 207 Å². The van der Waals surface area contributed by atoms with Gasteiger partial charge >= 0.3 is 12.4 Å². The molecule has 0 saturated heterocycles. The molecule has 20 nitrogen and oxygen atoms in total. The minimum absolute atomic E-state index is 0.111. The topological polar surface area (TPSA) is 327 Å². The molecular formula is C94H100Cl2F6N16O4. The second kappa shape index (κ2) is 41.4. The van der Waals surface area contributed by atoms with Crippen LogP contribution in [0.25, 0.3) is 0 Å². The van der Waals surface area contributed by atoms with Gasteiger partial charge in [-0.15, -0.1) is 25.7 Å². The summed E-state index contributed by atoms with van der Waals surface area (Å²) < 4.78 is 79.1. The number of alkyl halides is 6. The van der Waals surface area contributed by atoms with Crippen molar-refractivity contribution in [3.05, 3.63) is 208 Å². The van der Waals surface area contributed by atoms with Gasteiger partial charge in [-0.2, -0.15) is 47.4 Å². The lowest BCUT2D eigenvalue weighted by Crippen LogP contribution is -2.50. The molecule has 0 unspecified atom stereocenters. The first-order chi connectivity index (χ1) is 57.7. The molecule has 0 amide bonds. The first-order valence-electron chi connectivity index (χ1n) is 40.3. The van der Waals surface area contributed by atoms with Crippen molar-refractivity contribution in [2.45, 2.75) is 195 Å². The number of terminal acetylenes is 4. The van der Waals surface area contributed by atoms with E-state index in [9.17, 15) is 67.8 Å². The zero-order valence-electron chi connectivity index (χ0n) is 69.5. The number of nitrogens with one attached hydrogen (secondary N) is 4. The van der Waals surface area contributed by atoms with Gasteiger partial charge in [0.15, 0.2) is 0 Å². The predicted molar refractivity (Wildman–Crippen MR) is 458 cm³/mol. The predicted octanol–water partition coefficient (Wildman–Crippen LogP) is 16.6. The van der Waals surface area contributed by atoms with E-state index in [0.29, 0.717) is 179 Å². The summed E-state index contributed by atoms with van der Waals surface area (Å²) in [5.41, 5.74) is 6.30. The molecule has 0 spiro atoms. The van der Waals surface area contributed by atoms with Crippen LogP contribution in [0, 0.1) is 140 Å². The van der Waals surface area contributed by atoms with Crippen LogP contribution in [0.2, 0.25) is 10.0 Å². The maximum absolute atomic E-state index is 13.2. The quantitative estimate of drug-likeness (QED) is 0.0206. The van der Waals surface area contributed by atoms with Crippen LogP contribution in [-0.4, -0.2) is 111 Å². The van der Waals surface area contributed by atoms with Gasteiger partial charge in [0.05, 0.1) is 115 Å². The van der Waals surface area contributed by atoms with Crippen LogP contribution in [0.15, 0.2) is 97.6 Å². The van der Waals surface area contributed by atoms with Gasteiger partial charge < -0.3 is 41.7 Å². The lowest BCUT2D eigenvalue weighted by Gasteiger charge is -2.49. The lowest BCUT2D eigenvalue weighted by atomic mass is 9.58. The summed E-state index contributed by atoms with van der Waals surface area (Å²) >= 11 is 12.3. The number of halogens is 8. The van der Waals surface area contributed by atoms with Gasteiger partial charge in [-0.25, -0.2) is 39.9 Å². The zero-order chi connectivity index (χ0) is 89.1. The van der Waals surface area contributed by atoms with Crippen LogP contribution in [-0.2, 0) is 63.7 Å². The fraction of sp³-hybridized carbons (Fsp3) is 0.447. The highest BCUT2D eigenvalue weighted by atomic mass is 35.5. The molecular weight excluding hydrogens is 1600 g/mol. The Labute approximate surface area is 720 Å². The van der Waals surface area contributed by atoms with Gasteiger partial charge in [0.25, 0.3) is 0 Å². The third kappa shape index (κ3) is 24.9. The highest BCUT2D eigenvalue weighted by molar-refractivity contribution is 6.32. The molecule has 4 saturated carbocycles. The summed E-state index contributed by atoms with van der Waals surface area (Å²) in [4.78, 5) is 34.9. The molecule has 12 rings (SSSR count). The standard InChI is InChI=1S/C25H27F3N4O.C24H27ClN4O.C23H23F3N4O.C22H23ClN4O/c1-4-18-7-5-16(11-20(18)25(26,27)28)9-10-30-23-31-15-19(14-29)21(32-23)12-17-6-8-22(33)24(2,3)13-17;1-4-18-7-5-16(11-20(18)25)9-10-27-23-28-15-19(14-26)21(29-23)12-17-6-8-22(30)24(2,3)13-17;1-4-15-6-5-14(9-18(15)23(24,25)26)7-8-28-21-29-13-16(12-27)19(30-21)10-17-11-20(31)22(17,2)3;1-4-15-6-5-14(9-18(15)23)7-8-25-21-26-13-16(12-24)19(27-21)10-17-11-20(28)22(17,2)3/h1,5,7,11,15,17,22,33H,6,8-10,12-13H2,2-3H3,(H,30,31,32);1,5,7,11,15,17,22,30H,6,8-10,12-13H2,2-3H3,(H,27,28,29);1,5-6,9,13,17,20,31H,7-8,10-11H2,2-3H3,(H,28,29,30);1,5-6,9,13,17,20,28H,7-8,10-11H2,2-3H3,(H,25,26,27)/t2*17-,22-;2*17-,20+/m0011/s1. The van der Waals surface area contributed by atoms with E-state index < -0.39 is 23.5 Å². The largest absolute Gasteiger partial charge is 0.417 e. The van der Waals surface area contributed by atoms with E-state index in [1.807, 2.05) is 64.1 Å². The molecule has 4 aromatic carbocycles. The molecule has 0 bridgehead atoms. The Morgan fingerprint density at radius 1 is 0.393 bits per heavy atom. The highest BCUT2D eigenvalue weighted by Gasteiger charge is 2.49. The Balaban J connectivity index is 0.000000185. The number of anilines is 4. The van der Waals surface area contributed by atoms with Crippen LogP contribution in [0.4, 0.5) is 50.1 Å². The lowest BCUT2D eigenvalue weighted by molar-refractivity contribution is -0.138. The molecule has 8 aromatic rings. The number of nitriles is 4. The molecule has 636 valence electrons. The van der Waals surface area contributed by atoms with Gasteiger partial charge in [0.1, 0.15) is 24.3 Å². The van der Waals surface area contributed by atoms with Crippen molar-refractivity contribution in [1.29, 1.82) is 21.0 Å². The van der Waals surface area contributed by atoms with Crippen molar-refractivity contribution in [3.8, 4) is 73.7 Å². The first-order valence-corrected chi connectivity index (χ1v) is 41.1. The Kier molecular flexibility index (Phi) is 32.1. The maximum Gasteiger partial charge on any atom is 0.417 e. The zero-order valence-corrected chi connectivity index (χ0v) is 71.0. The molecule has 4 heterocycles. The third-order valence-electron chi connectivity index (χ3n) is 24.0. The van der Waals surface area contributed by atoms with Gasteiger partial charge in [0.2, 0.25) is 23.8 Å². The average molecular weight is 1700 g/mol. The summed E-state index contributed by atoms with van der Waals surface area (Å²) in [5, 5.41) is 91.5. The molecule has 0 radical (unpaired) electrons. The second-order valence-corrected chi connectivity index (χ2v) is 34.8. The fourth-order valence-electron chi connectivity index (χ4n) is 15.7. The van der Waals surface area contributed by atoms with Crippen molar-refractivity contribution in [2.24, 2.45) is 45.3 Å². The Morgan fingerprint density at radius 2 is 0.664 bits per heavy atom. The molecule has 4 aliphatic carbocycles. The van der Waals surface area contributed by atoms with Crippen LogP contribution in [0.5, 0.6) is 0 Å². The van der Waals surface area contributed by atoms with Crippen LogP contribution in [0.3, 0.4) is 0 Å². The molecule has 8 atom stereocenters. The SMILES string of the molecule is C#Cc1ccc(CCNc2ncc(C#N)c(C[C@@H]3CC[C@H](O)C(C)(C)C3)n2)cc1C(F)(F)F.C#Cc1ccc(CCNc2ncc(C#N)c(C[C@@H]3CC[C@H](O)C(C)(C)C3)n2)cc1Cl.C#Cc1ccc(CCNc2ncc(C#N)c(C[C@@H]3C[C@H](O)C3(C)C)n2)cc1C(F)(F)F.C#Cc1ccc(CCNc2ncc(C#N)c(C[C@@H]3C[C@H](O)C3(C)C)n2)cc1Cl. The Hall–Kier alpha value is -11.4. The molecule has 0 aliphatic heterocycles. The minimum Gasteiger partial charge on any atom is -0.393 e. The number of benzene rings is 4. The Bertz CT molecular complexity index is 5410. The van der Waals surface area contributed by atoms with Crippen LogP contribution < -0.4 is 21.3 Å². The van der Waals surface area contributed by atoms with Gasteiger partial charge in [-0.1, -0.05) is 127 Å². The number of hydrogen-bond acceptors (Lipinski definition) is 20. The van der Waals surface area contributed by atoms with E-state index in [4.69, 9.17) is 48.9 Å². The summed E-state index contributed by atoms with van der Waals surface area (Å²) in [5.74, 6) is 12.1. The van der Waals surface area contributed by atoms with Crippen molar-refractivity contribution >= 4 is 47.0 Å². The number of aromatic nitrogens is 8. The van der Waals surface area contributed by atoms with Gasteiger partial charge in [-0.3, -0.25) is 0 Å². The number of aliphatic hydroxyl groups excluding tert-OH is 4. The fourth-order valence-corrected chi connectivity index (χ4v) is 16.2. The normalized spacial score (nSPS) is 20.0. The van der Waals surface area contributed by atoms with E-state index in [-0.39, 0.29) is 63.1 Å². The number of hydrogen-bond donors (Lipinski definition) is 8. The van der Waals surface area contributed by atoms with Crippen molar-refractivity contribution < 1.29 is 46.8 Å². The molecule has 4 fully saturated rings. The van der Waals surface area contributed by atoms with E-state index in [1.54, 1.807) is 24.5 Å². The van der Waals surface area contributed by atoms with Gasteiger partial charge in [0, 0.05) is 48.4 Å². The minimum atomic E-state index is -4.51.